The lowest BCUT2D eigenvalue weighted by atomic mass is 9.78. The molecule has 0 fully saturated rings. The minimum absolute atomic E-state index is 0.0476. The fourth-order valence-corrected chi connectivity index (χ4v) is 2.00. The molecule has 2 rings (SSSR count). The Labute approximate surface area is 89.9 Å². The minimum atomic E-state index is -0.667. The van der Waals surface area contributed by atoms with Crippen LogP contribution in [-0.2, 0) is 5.54 Å². The fraction of sp³-hybridized carbons (Fsp3) is 0.500. The third-order valence-corrected chi connectivity index (χ3v) is 3.27. The maximum absolute atomic E-state index is 9.48. The van der Waals surface area contributed by atoms with Crippen molar-refractivity contribution in [3.8, 4) is 5.75 Å². The van der Waals surface area contributed by atoms with Crippen LogP contribution in [0.15, 0.2) is 18.2 Å². The van der Waals surface area contributed by atoms with E-state index in [4.69, 9.17) is 10.5 Å². The number of nitrogens with two attached hydrogens (primary N) is 1. The second kappa shape index (κ2) is 3.51. The molecule has 82 valence electrons. The summed E-state index contributed by atoms with van der Waals surface area (Å²) in [6, 6.07) is 5.92. The second-order valence-corrected chi connectivity index (χ2v) is 4.41. The zero-order chi connectivity index (χ0) is 11.1. The number of benzene rings is 1. The largest absolute Gasteiger partial charge is 0.493 e. The number of aryl methyl sites for hydroxylation is 1. The molecule has 0 aliphatic carbocycles. The number of rotatable bonds is 1. The van der Waals surface area contributed by atoms with E-state index in [1.165, 1.54) is 0 Å². The Kier molecular flexibility index (Phi) is 2.44. The topological polar surface area (TPSA) is 55.5 Å². The lowest BCUT2D eigenvalue weighted by Crippen LogP contribution is -2.51. The summed E-state index contributed by atoms with van der Waals surface area (Å²) < 4.78 is 5.60. The maximum Gasteiger partial charge on any atom is 0.124 e. The first-order valence-electron chi connectivity index (χ1n) is 5.21. The van der Waals surface area contributed by atoms with Crippen molar-refractivity contribution in [2.45, 2.75) is 19.4 Å². The number of hydrogen-bond acceptors (Lipinski definition) is 3. The molecule has 0 spiro atoms. The van der Waals surface area contributed by atoms with Gasteiger partial charge in [0.1, 0.15) is 5.75 Å². The molecule has 0 saturated heterocycles. The van der Waals surface area contributed by atoms with Gasteiger partial charge in [-0.1, -0.05) is 24.6 Å². The van der Waals surface area contributed by atoms with Crippen LogP contribution in [0.2, 0.25) is 0 Å². The summed E-state index contributed by atoms with van der Waals surface area (Å²) in [6.07, 6.45) is 0. The summed E-state index contributed by atoms with van der Waals surface area (Å²) in [5.74, 6) is 0.923. The van der Waals surface area contributed by atoms with Crippen LogP contribution in [0.3, 0.4) is 0 Å². The molecule has 0 aromatic heterocycles. The van der Waals surface area contributed by atoms with Gasteiger partial charge in [0, 0.05) is 11.5 Å². The van der Waals surface area contributed by atoms with Crippen molar-refractivity contribution in [2.75, 3.05) is 13.2 Å². The summed E-state index contributed by atoms with van der Waals surface area (Å²) in [6.45, 7) is 4.53. The smallest absolute Gasteiger partial charge is 0.124 e. The van der Waals surface area contributed by atoms with E-state index in [0.29, 0.717) is 6.61 Å². The van der Waals surface area contributed by atoms with Gasteiger partial charge >= 0.3 is 0 Å². The molecule has 3 heteroatoms. The molecule has 0 bridgehead atoms. The van der Waals surface area contributed by atoms with Crippen molar-refractivity contribution in [3.63, 3.8) is 0 Å². The normalized spacial score (nSPS) is 29.5. The average Bonchev–Trinajstić information content (AvgIpc) is 2.24. The van der Waals surface area contributed by atoms with Crippen LogP contribution in [0, 0.1) is 12.8 Å². The molecule has 0 saturated carbocycles. The summed E-state index contributed by atoms with van der Waals surface area (Å²) in [7, 11) is 0. The zero-order valence-corrected chi connectivity index (χ0v) is 9.16. The Hall–Kier alpha value is -1.06. The number of aliphatic hydroxyl groups excluding tert-OH is 1. The van der Waals surface area contributed by atoms with Crippen LogP contribution in [0.5, 0.6) is 5.75 Å². The summed E-state index contributed by atoms with van der Waals surface area (Å²) >= 11 is 0. The molecular formula is C12H17NO2. The summed E-state index contributed by atoms with van der Waals surface area (Å²) in [5, 5.41) is 9.48. The quantitative estimate of drug-likeness (QED) is 0.726. The molecule has 0 radical (unpaired) electrons. The zero-order valence-electron chi connectivity index (χ0n) is 9.16. The Morgan fingerprint density at radius 1 is 1.60 bits per heavy atom. The number of hydrogen-bond donors (Lipinski definition) is 2. The van der Waals surface area contributed by atoms with E-state index in [-0.39, 0.29) is 12.5 Å². The van der Waals surface area contributed by atoms with Gasteiger partial charge in [-0.2, -0.15) is 0 Å². The van der Waals surface area contributed by atoms with E-state index in [1.807, 2.05) is 32.0 Å². The fourth-order valence-electron chi connectivity index (χ4n) is 2.00. The van der Waals surface area contributed by atoms with Gasteiger partial charge in [-0.25, -0.2) is 0 Å². The third-order valence-electron chi connectivity index (χ3n) is 3.27. The monoisotopic (exact) mass is 207 g/mol. The highest BCUT2D eigenvalue weighted by Gasteiger charge is 2.39. The summed E-state index contributed by atoms with van der Waals surface area (Å²) in [4.78, 5) is 0. The average molecular weight is 207 g/mol. The number of aliphatic hydroxyl groups is 1. The highest BCUT2D eigenvalue weighted by atomic mass is 16.5. The van der Waals surface area contributed by atoms with E-state index in [9.17, 15) is 5.11 Å². The number of fused-ring (bicyclic) bond motifs is 1. The van der Waals surface area contributed by atoms with Gasteiger partial charge in [-0.3, -0.25) is 0 Å². The highest BCUT2D eigenvalue weighted by molar-refractivity contribution is 5.43. The van der Waals surface area contributed by atoms with Gasteiger partial charge in [0.15, 0.2) is 0 Å². The van der Waals surface area contributed by atoms with Crippen LogP contribution in [0.4, 0.5) is 0 Å². The first kappa shape index (κ1) is 10.5. The van der Waals surface area contributed by atoms with Gasteiger partial charge in [0.2, 0.25) is 0 Å². The lowest BCUT2D eigenvalue weighted by molar-refractivity contribution is 0.0852. The maximum atomic E-state index is 9.48. The SMILES string of the molecule is Cc1ccc2c(c1)C(N)(CO)C(C)CO2. The van der Waals surface area contributed by atoms with Gasteiger partial charge in [0.25, 0.3) is 0 Å². The van der Waals surface area contributed by atoms with E-state index in [0.717, 1.165) is 16.9 Å². The molecule has 3 nitrogen and oxygen atoms in total. The molecule has 1 aromatic rings. The van der Waals surface area contributed by atoms with E-state index >= 15 is 0 Å². The van der Waals surface area contributed by atoms with Crippen molar-refractivity contribution >= 4 is 0 Å². The third kappa shape index (κ3) is 1.52. The van der Waals surface area contributed by atoms with Crippen LogP contribution < -0.4 is 10.5 Å². The van der Waals surface area contributed by atoms with Crippen LogP contribution in [-0.4, -0.2) is 18.3 Å². The Balaban J connectivity index is 2.56. The number of ether oxygens (including phenoxy) is 1. The van der Waals surface area contributed by atoms with Crippen molar-refractivity contribution in [2.24, 2.45) is 11.7 Å². The van der Waals surface area contributed by atoms with Crippen LogP contribution >= 0.6 is 0 Å². The minimum Gasteiger partial charge on any atom is -0.493 e. The molecule has 15 heavy (non-hydrogen) atoms. The van der Waals surface area contributed by atoms with Gasteiger partial charge < -0.3 is 15.6 Å². The molecule has 0 amide bonds. The van der Waals surface area contributed by atoms with Gasteiger partial charge in [-0.05, 0) is 13.0 Å². The van der Waals surface area contributed by atoms with Crippen LogP contribution in [0.25, 0.3) is 0 Å². The molecular weight excluding hydrogens is 190 g/mol. The van der Waals surface area contributed by atoms with E-state index in [2.05, 4.69) is 0 Å². The van der Waals surface area contributed by atoms with E-state index in [1.54, 1.807) is 0 Å². The second-order valence-electron chi connectivity index (χ2n) is 4.41. The van der Waals surface area contributed by atoms with E-state index < -0.39 is 5.54 Å². The standard InChI is InChI=1S/C12H17NO2/c1-8-3-4-11-10(5-8)12(13,7-14)9(2)6-15-11/h3-5,9,14H,6-7,13H2,1-2H3. The molecule has 1 aliphatic rings. The predicted octanol–water partition coefficient (Wildman–Crippen LogP) is 1.17. The highest BCUT2D eigenvalue weighted by Crippen LogP contribution is 2.38. The Bertz CT molecular complexity index is 378. The first-order chi connectivity index (χ1) is 7.08. The van der Waals surface area contributed by atoms with Crippen molar-refractivity contribution < 1.29 is 9.84 Å². The van der Waals surface area contributed by atoms with Crippen molar-refractivity contribution in [1.29, 1.82) is 0 Å². The van der Waals surface area contributed by atoms with Crippen LogP contribution in [0.1, 0.15) is 18.1 Å². The predicted molar refractivity (Wildman–Crippen MR) is 58.8 cm³/mol. The Morgan fingerprint density at radius 3 is 3.00 bits per heavy atom. The molecule has 2 unspecified atom stereocenters. The molecule has 1 heterocycles. The molecule has 3 N–H and O–H groups in total. The first-order valence-corrected chi connectivity index (χ1v) is 5.21. The molecule has 1 aliphatic heterocycles. The van der Waals surface area contributed by atoms with Gasteiger partial charge in [0.05, 0.1) is 18.8 Å². The van der Waals surface area contributed by atoms with Gasteiger partial charge in [-0.15, -0.1) is 0 Å². The lowest BCUT2D eigenvalue weighted by Gasteiger charge is -2.39. The van der Waals surface area contributed by atoms with Crippen molar-refractivity contribution in [3.05, 3.63) is 29.3 Å². The van der Waals surface area contributed by atoms with Crippen molar-refractivity contribution in [1.82, 2.24) is 0 Å². The molecule has 1 aromatic carbocycles. The molecule has 2 atom stereocenters. The Morgan fingerprint density at radius 2 is 2.33 bits per heavy atom. The summed E-state index contributed by atoms with van der Waals surface area (Å²) in [5.41, 5.74) is 7.64.